The van der Waals surface area contributed by atoms with Crippen molar-refractivity contribution < 1.29 is 32.4 Å². The van der Waals surface area contributed by atoms with Gasteiger partial charge in [-0.1, -0.05) is 0 Å². The summed E-state index contributed by atoms with van der Waals surface area (Å²) in [4.78, 5) is 34.8. The lowest BCUT2D eigenvalue weighted by Crippen LogP contribution is -2.34. The highest BCUT2D eigenvalue weighted by molar-refractivity contribution is 7.92. The van der Waals surface area contributed by atoms with Crippen LogP contribution in [0.1, 0.15) is 32.7 Å². The number of ether oxygens (including phenoxy) is 2. The Kier molecular flexibility index (Phi) is 6.25. The number of nitro groups is 1. The molecule has 0 N–H and O–H groups in total. The van der Waals surface area contributed by atoms with Crippen LogP contribution in [-0.2, 0) is 21.2 Å². The smallest absolute Gasteiger partial charge is 0.337 e. The van der Waals surface area contributed by atoms with Crippen molar-refractivity contribution in [3.05, 3.63) is 63.2 Å². The summed E-state index contributed by atoms with van der Waals surface area (Å²) >= 11 is 0. The number of ketones is 1. The second-order valence-corrected chi connectivity index (χ2v) is 8.83. The fraction of sp³-hybridized carbons (Fsp3) is 0.300. The first-order valence-corrected chi connectivity index (χ1v) is 11.1. The molecular formula is C20H20N2O8S. The molecule has 2 aromatic carbocycles. The molecule has 0 saturated carbocycles. The summed E-state index contributed by atoms with van der Waals surface area (Å²) in [5.41, 5.74) is 1.20. The molecule has 0 aliphatic carbocycles. The number of nitrogens with zero attached hydrogens (tertiary/aromatic N) is 2. The van der Waals surface area contributed by atoms with Gasteiger partial charge in [0.1, 0.15) is 0 Å². The molecule has 0 fully saturated rings. The summed E-state index contributed by atoms with van der Waals surface area (Å²) < 4.78 is 35.2. The average Bonchev–Trinajstić information content (AvgIpc) is 2.74. The number of benzene rings is 2. The Balaban J connectivity index is 1.82. The molecule has 0 aromatic heterocycles. The standard InChI is InChI=1S/C20H20N2O8S/c1-29-20(24)15-6-8-17(22(25)26)19(11-15)30-12-18(23)14-5-7-16-13(10-14)4-3-9-21(16)31(2,27)28/h5-8,10-11H,3-4,9,12H2,1-2H3. The SMILES string of the molecule is COC(=O)c1ccc([N+](=O)[O-])c(OCC(=O)c2ccc3c(c2)CCCN3S(C)(=O)=O)c1. The van der Waals surface area contributed by atoms with E-state index in [1.54, 1.807) is 12.1 Å². The van der Waals surface area contributed by atoms with Gasteiger partial charge in [-0.2, -0.15) is 0 Å². The molecule has 3 rings (SSSR count). The van der Waals surface area contributed by atoms with Gasteiger partial charge in [-0.05, 0) is 42.7 Å². The molecule has 1 aliphatic rings. The highest BCUT2D eigenvalue weighted by Gasteiger charge is 2.25. The van der Waals surface area contributed by atoms with Crippen molar-refractivity contribution in [2.24, 2.45) is 0 Å². The van der Waals surface area contributed by atoms with Gasteiger partial charge in [-0.25, -0.2) is 13.2 Å². The fourth-order valence-electron chi connectivity index (χ4n) is 3.33. The molecule has 164 valence electrons. The van der Waals surface area contributed by atoms with Crippen molar-refractivity contribution in [2.75, 3.05) is 30.8 Å². The number of Topliss-reactive ketones (excluding diaryl/α,β-unsaturated/α-hetero) is 1. The van der Waals surface area contributed by atoms with E-state index in [0.29, 0.717) is 30.6 Å². The Labute approximate surface area is 178 Å². The molecule has 0 unspecified atom stereocenters. The summed E-state index contributed by atoms with van der Waals surface area (Å²) in [5.74, 6) is -1.38. The van der Waals surface area contributed by atoms with Crippen LogP contribution in [0.5, 0.6) is 5.75 Å². The number of rotatable bonds is 7. The second kappa shape index (κ2) is 8.72. The molecule has 0 saturated heterocycles. The molecule has 1 aliphatic heterocycles. The van der Waals surface area contributed by atoms with Gasteiger partial charge in [0.25, 0.3) is 0 Å². The van der Waals surface area contributed by atoms with E-state index < -0.39 is 39.0 Å². The van der Waals surface area contributed by atoms with E-state index in [9.17, 15) is 28.1 Å². The lowest BCUT2D eigenvalue weighted by Gasteiger charge is -2.29. The van der Waals surface area contributed by atoms with E-state index >= 15 is 0 Å². The number of hydrogen-bond acceptors (Lipinski definition) is 8. The van der Waals surface area contributed by atoms with Crippen LogP contribution in [0, 0.1) is 10.1 Å². The molecule has 0 bridgehead atoms. The van der Waals surface area contributed by atoms with Crippen molar-refractivity contribution in [1.82, 2.24) is 0 Å². The fourth-order valence-corrected chi connectivity index (χ4v) is 4.33. The number of carbonyl (C=O) groups is 2. The van der Waals surface area contributed by atoms with Gasteiger partial charge in [0.15, 0.2) is 18.1 Å². The van der Waals surface area contributed by atoms with Crippen LogP contribution in [0.15, 0.2) is 36.4 Å². The molecule has 31 heavy (non-hydrogen) atoms. The van der Waals surface area contributed by atoms with Gasteiger partial charge < -0.3 is 9.47 Å². The normalized spacial score (nSPS) is 13.3. The number of carbonyl (C=O) groups excluding carboxylic acids is 2. The topological polar surface area (TPSA) is 133 Å². The maximum Gasteiger partial charge on any atom is 0.337 e. The minimum atomic E-state index is -3.42. The van der Waals surface area contributed by atoms with Crippen molar-refractivity contribution in [2.45, 2.75) is 12.8 Å². The monoisotopic (exact) mass is 448 g/mol. The first-order valence-electron chi connectivity index (χ1n) is 9.25. The lowest BCUT2D eigenvalue weighted by molar-refractivity contribution is -0.385. The largest absolute Gasteiger partial charge is 0.478 e. The van der Waals surface area contributed by atoms with E-state index in [2.05, 4.69) is 4.74 Å². The molecule has 0 atom stereocenters. The summed E-state index contributed by atoms with van der Waals surface area (Å²) in [6.07, 6.45) is 2.38. The second-order valence-electron chi connectivity index (χ2n) is 6.93. The van der Waals surface area contributed by atoms with Crippen molar-refractivity contribution in [3.63, 3.8) is 0 Å². The molecule has 10 nitrogen and oxygen atoms in total. The Morgan fingerprint density at radius 2 is 1.87 bits per heavy atom. The Morgan fingerprint density at radius 3 is 2.52 bits per heavy atom. The molecule has 0 amide bonds. The quantitative estimate of drug-likeness (QED) is 0.273. The molecule has 0 radical (unpaired) electrons. The minimum absolute atomic E-state index is 0.0465. The van der Waals surface area contributed by atoms with E-state index in [1.807, 2.05) is 0 Å². The van der Waals surface area contributed by atoms with Gasteiger partial charge in [0, 0.05) is 24.2 Å². The van der Waals surface area contributed by atoms with Crippen LogP contribution < -0.4 is 9.04 Å². The van der Waals surface area contributed by atoms with Crippen LogP contribution in [0.4, 0.5) is 11.4 Å². The van der Waals surface area contributed by atoms with E-state index in [-0.39, 0.29) is 11.3 Å². The Hall–Kier alpha value is -3.47. The molecule has 11 heteroatoms. The highest BCUT2D eigenvalue weighted by atomic mass is 32.2. The summed E-state index contributed by atoms with van der Waals surface area (Å²) in [7, 11) is -2.25. The molecule has 0 spiro atoms. The van der Waals surface area contributed by atoms with E-state index in [4.69, 9.17) is 4.74 Å². The summed E-state index contributed by atoms with van der Waals surface area (Å²) in [5, 5.41) is 11.2. The first-order chi connectivity index (χ1) is 14.6. The Morgan fingerprint density at radius 1 is 1.16 bits per heavy atom. The van der Waals surface area contributed by atoms with E-state index in [0.717, 1.165) is 24.0 Å². The maximum atomic E-state index is 12.6. The molecule has 2 aromatic rings. The molecular weight excluding hydrogens is 428 g/mol. The van der Waals surface area contributed by atoms with Crippen LogP contribution >= 0.6 is 0 Å². The minimum Gasteiger partial charge on any atom is -0.478 e. The van der Waals surface area contributed by atoms with Crippen LogP contribution in [0.2, 0.25) is 0 Å². The third-order valence-electron chi connectivity index (χ3n) is 4.81. The maximum absolute atomic E-state index is 12.6. The predicted molar refractivity (Wildman–Crippen MR) is 111 cm³/mol. The number of fused-ring (bicyclic) bond motifs is 1. The van der Waals surface area contributed by atoms with Gasteiger partial charge >= 0.3 is 11.7 Å². The zero-order chi connectivity index (χ0) is 22.8. The number of nitro benzene ring substituents is 1. The zero-order valence-corrected chi connectivity index (χ0v) is 17.7. The number of anilines is 1. The number of hydrogen-bond donors (Lipinski definition) is 0. The van der Waals surface area contributed by atoms with Gasteiger partial charge in [0.05, 0.1) is 29.5 Å². The molecule has 1 heterocycles. The predicted octanol–water partition coefficient (Wildman–Crippen LogP) is 2.36. The van der Waals surface area contributed by atoms with Crippen molar-refractivity contribution in [3.8, 4) is 5.75 Å². The lowest BCUT2D eigenvalue weighted by atomic mass is 9.99. The third kappa shape index (κ3) is 4.82. The van der Waals surface area contributed by atoms with Crippen LogP contribution in [0.3, 0.4) is 0 Å². The number of sulfonamides is 1. The number of aryl methyl sites for hydroxylation is 1. The average molecular weight is 448 g/mol. The summed E-state index contributed by atoms with van der Waals surface area (Å²) in [6.45, 7) is -0.123. The first kappa shape index (κ1) is 22.2. The van der Waals surface area contributed by atoms with Gasteiger partial charge in [-0.15, -0.1) is 0 Å². The number of methoxy groups -OCH3 is 1. The van der Waals surface area contributed by atoms with Crippen molar-refractivity contribution >= 4 is 33.2 Å². The van der Waals surface area contributed by atoms with Crippen molar-refractivity contribution in [1.29, 1.82) is 0 Å². The number of esters is 1. The Bertz CT molecular complexity index is 1160. The van der Waals surface area contributed by atoms with Gasteiger partial charge in [-0.3, -0.25) is 19.2 Å². The van der Waals surface area contributed by atoms with E-state index in [1.165, 1.54) is 23.5 Å². The highest BCUT2D eigenvalue weighted by Crippen LogP contribution is 2.31. The summed E-state index contributed by atoms with van der Waals surface area (Å²) in [6, 6.07) is 8.16. The van der Waals surface area contributed by atoms with Crippen LogP contribution in [-0.4, -0.2) is 51.6 Å². The third-order valence-corrected chi connectivity index (χ3v) is 5.99. The van der Waals surface area contributed by atoms with Crippen LogP contribution in [0.25, 0.3) is 0 Å². The van der Waals surface area contributed by atoms with Gasteiger partial charge in [0.2, 0.25) is 10.0 Å². The zero-order valence-electron chi connectivity index (χ0n) is 16.9.